The van der Waals surface area contributed by atoms with Gasteiger partial charge < -0.3 is 14.6 Å². The van der Waals surface area contributed by atoms with E-state index < -0.39 is 5.97 Å². The van der Waals surface area contributed by atoms with Crippen molar-refractivity contribution in [3.05, 3.63) is 59.2 Å². The van der Waals surface area contributed by atoms with Crippen molar-refractivity contribution in [3.8, 4) is 11.5 Å². The van der Waals surface area contributed by atoms with Gasteiger partial charge in [0.2, 0.25) is 0 Å². The molecule has 0 aromatic heterocycles. The normalized spacial score (nSPS) is 10.5. The minimum atomic E-state index is -1.03. The third-order valence-electron chi connectivity index (χ3n) is 3.12. The van der Waals surface area contributed by atoms with Gasteiger partial charge in [0.15, 0.2) is 11.5 Å². The van der Waals surface area contributed by atoms with Gasteiger partial charge in [0.05, 0.1) is 6.10 Å². The van der Waals surface area contributed by atoms with Crippen LogP contribution >= 0.6 is 0 Å². The van der Waals surface area contributed by atoms with Crippen LogP contribution in [0.4, 0.5) is 0 Å². The number of benzene rings is 2. The highest BCUT2D eigenvalue weighted by Crippen LogP contribution is 2.36. The summed E-state index contributed by atoms with van der Waals surface area (Å²) >= 11 is 0. The van der Waals surface area contributed by atoms with E-state index in [1.165, 1.54) is 0 Å². The summed E-state index contributed by atoms with van der Waals surface area (Å²) in [5.41, 5.74) is 1.93. The molecule has 116 valence electrons. The lowest BCUT2D eigenvalue weighted by molar-refractivity contribution is 0.0690. The molecule has 0 aliphatic heterocycles. The van der Waals surface area contributed by atoms with Gasteiger partial charge >= 0.3 is 5.97 Å². The average molecular weight is 300 g/mol. The van der Waals surface area contributed by atoms with Gasteiger partial charge in [-0.15, -0.1) is 0 Å². The van der Waals surface area contributed by atoms with Crippen molar-refractivity contribution in [2.75, 3.05) is 0 Å². The summed E-state index contributed by atoms with van der Waals surface area (Å²) in [6, 6.07) is 12.9. The van der Waals surface area contributed by atoms with Gasteiger partial charge in [-0.05, 0) is 38.0 Å². The Balaban J connectivity index is 2.36. The molecule has 1 N–H and O–H groups in total. The molecule has 22 heavy (non-hydrogen) atoms. The number of carboxylic acids is 1. The molecule has 0 aliphatic carbocycles. The lowest BCUT2D eigenvalue weighted by atomic mass is 10.1. The summed E-state index contributed by atoms with van der Waals surface area (Å²) in [7, 11) is 0. The predicted molar refractivity (Wildman–Crippen MR) is 84.7 cm³/mol. The van der Waals surface area contributed by atoms with Crippen LogP contribution in [0.25, 0.3) is 0 Å². The van der Waals surface area contributed by atoms with Crippen LogP contribution in [0.1, 0.15) is 35.3 Å². The molecule has 2 rings (SSSR count). The van der Waals surface area contributed by atoms with Crippen molar-refractivity contribution >= 4 is 5.97 Å². The molecule has 0 fully saturated rings. The number of aryl methyl sites for hydroxylation is 1. The molecule has 4 nitrogen and oxygen atoms in total. The van der Waals surface area contributed by atoms with Crippen molar-refractivity contribution in [1.82, 2.24) is 0 Å². The molecule has 0 saturated carbocycles. The van der Waals surface area contributed by atoms with Crippen LogP contribution in [0.3, 0.4) is 0 Å². The quantitative estimate of drug-likeness (QED) is 0.874. The maximum atomic E-state index is 11.4. The molecule has 0 heterocycles. The maximum Gasteiger partial charge on any atom is 0.339 e. The first kappa shape index (κ1) is 15.9. The van der Waals surface area contributed by atoms with Gasteiger partial charge in [0.25, 0.3) is 0 Å². The van der Waals surface area contributed by atoms with Crippen molar-refractivity contribution < 1.29 is 19.4 Å². The van der Waals surface area contributed by atoms with Crippen LogP contribution in [0.5, 0.6) is 11.5 Å². The standard InChI is InChI=1S/C18H20O4/c1-12(2)22-16-13(3)9-10-15(18(19)20)17(16)21-11-14-7-5-4-6-8-14/h4-10,12H,11H2,1-3H3,(H,19,20). The predicted octanol–water partition coefficient (Wildman–Crippen LogP) is 4.06. The smallest absolute Gasteiger partial charge is 0.339 e. The summed E-state index contributed by atoms with van der Waals surface area (Å²) in [4.78, 5) is 11.4. The Morgan fingerprint density at radius 2 is 1.77 bits per heavy atom. The van der Waals surface area contributed by atoms with E-state index in [1.807, 2.05) is 51.1 Å². The van der Waals surface area contributed by atoms with Gasteiger partial charge in [-0.25, -0.2) is 4.79 Å². The summed E-state index contributed by atoms with van der Waals surface area (Å²) in [5, 5.41) is 9.38. The largest absolute Gasteiger partial charge is 0.487 e. The van der Waals surface area contributed by atoms with Crippen LogP contribution in [-0.2, 0) is 6.61 Å². The zero-order valence-corrected chi connectivity index (χ0v) is 13.0. The van der Waals surface area contributed by atoms with Gasteiger partial charge in [-0.1, -0.05) is 36.4 Å². The summed E-state index contributed by atoms with van der Waals surface area (Å²) in [5.74, 6) is -0.257. The fourth-order valence-electron chi connectivity index (χ4n) is 2.08. The van der Waals surface area contributed by atoms with E-state index in [4.69, 9.17) is 9.47 Å². The van der Waals surface area contributed by atoms with E-state index in [0.717, 1.165) is 11.1 Å². The van der Waals surface area contributed by atoms with Crippen LogP contribution in [0.2, 0.25) is 0 Å². The third-order valence-corrected chi connectivity index (χ3v) is 3.12. The Labute approximate surface area is 130 Å². The molecule has 4 heteroatoms. The molecule has 0 atom stereocenters. The highest BCUT2D eigenvalue weighted by Gasteiger charge is 2.20. The second kappa shape index (κ2) is 6.98. The van der Waals surface area contributed by atoms with E-state index in [-0.39, 0.29) is 17.4 Å². The number of hydrogen-bond donors (Lipinski definition) is 1. The lowest BCUT2D eigenvalue weighted by Gasteiger charge is -2.19. The minimum Gasteiger partial charge on any atom is -0.487 e. The van der Waals surface area contributed by atoms with Gasteiger partial charge in [0, 0.05) is 0 Å². The first-order valence-electron chi connectivity index (χ1n) is 7.19. The number of aromatic carboxylic acids is 1. The molecule has 2 aromatic carbocycles. The minimum absolute atomic E-state index is 0.0678. The molecule has 0 radical (unpaired) electrons. The van der Waals surface area contributed by atoms with Crippen LogP contribution in [0.15, 0.2) is 42.5 Å². The van der Waals surface area contributed by atoms with Gasteiger partial charge in [-0.3, -0.25) is 0 Å². The van der Waals surface area contributed by atoms with E-state index >= 15 is 0 Å². The molecular formula is C18H20O4. The lowest BCUT2D eigenvalue weighted by Crippen LogP contribution is -2.11. The number of carboxylic acid groups (broad SMARTS) is 1. The molecule has 2 aromatic rings. The number of ether oxygens (including phenoxy) is 2. The molecule has 0 bridgehead atoms. The highest BCUT2D eigenvalue weighted by molar-refractivity contribution is 5.92. The SMILES string of the molecule is Cc1ccc(C(=O)O)c(OCc2ccccc2)c1OC(C)C. The zero-order chi connectivity index (χ0) is 16.1. The fourth-order valence-corrected chi connectivity index (χ4v) is 2.08. The molecule has 0 saturated heterocycles. The van der Waals surface area contributed by atoms with Crippen molar-refractivity contribution in [1.29, 1.82) is 0 Å². The topological polar surface area (TPSA) is 55.8 Å². The monoisotopic (exact) mass is 300 g/mol. The average Bonchev–Trinajstić information content (AvgIpc) is 2.48. The van der Waals surface area contributed by atoms with E-state index in [2.05, 4.69) is 0 Å². The van der Waals surface area contributed by atoms with Gasteiger partial charge in [0.1, 0.15) is 12.2 Å². The molecule has 0 spiro atoms. The van der Waals surface area contributed by atoms with Crippen LogP contribution < -0.4 is 9.47 Å². The summed E-state index contributed by atoms with van der Waals surface area (Å²) < 4.78 is 11.6. The molecule has 0 amide bonds. The van der Waals surface area contributed by atoms with Crippen molar-refractivity contribution in [2.45, 2.75) is 33.5 Å². The van der Waals surface area contributed by atoms with E-state index in [9.17, 15) is 9.90 Å². The maximum absolute atomic E-state index is 11.4. The van der Waals surface area contributed by atoms with Crippen molar-refractivity contribution in [3.63, 3.8) is 0 Å². The van der Waals surface area contributed by atoms with Crippen LogP contribution in [-0.4, -0.2) is 17.2 Å². The Hall–Kier alpha value is -2.49. The Bertz CT molecular complexity index is 648. The van der Waals surface area contributed by atoms with Crippen molar-refractivity contribution in [2.24, 2.45) is 0 Å². The van der Waals surface area contributed by atoms with Crippen LogP contribution in [0, 0.1) is 6.92 Å². The Kier molecular flexibility index (Phi) is 5.04. The summed E-state index contributed by atoms with van der Waals surface area (Å²) in [6.45, 7) is 5.96. The zero-order valence-electron chi connectivity index (χ0n) is 13.0. The molecule has 0 aliphatic rings. The Morgan fingerprint density at radius 1 is 1.09 bits per heavy atom. The second-order valence-corrected chi connectivity index (χ2v) is 5.33. The second-order valence-electron chi connectivity index (χ2n) is 5.33. The Morgan fingerprint density at radius 3 is 2.36 bits per heavy atom. The number of hydrogen-bond acceptors (Lipinski definition) is 3. The van der Waals surface area contributed by atoms with E-state index in [0.29, 0.717) is 12.4 Å². The number of rotatable bonds is 6. The molecular weight excluding hydrogens is 280 g/mol. The number of carbonyl (C=O) groups is 1. The first-order chi connectivity index (χ1) is 10.5. The fraction of sp³-hybridized carbons (Fsp3) is 0.278. The van der Waals surface area contributed by atoms with Gasteiger partial charge in [-0.2, -0.15) is 0 Å². The highest BCUT2D eigenvalue weighted by atomic mass is 16.5. The van der Waals surface area contributed by atoms with E-state index in [1.54, 1.807) is 12.1 Å². The summed E-state index contributed by atoms with van der Waals surface area (Å²) in [6.07, 6.45) is -0.0678. The third kappa shape index (κ3) is 3.79. The first-order valence-corrected chi connectivity index (χ1v) is 7.19. The molecule has 0 unspecified atom stereocenters.